The Bertz CT molecular complexity index is 725. The minimum atomic E-state index is -0.723. The topological polar surface area (TPSA) is 44.4 Å². The molecule has 0 unspecified atom stereocenters. The summed E-state index contributed by atoms with van der Waals surface area (Å²) in [7, 11) is 0. The summed E-state index contributed by atoms with van der Waals surface area (Å²) in [5.41, 5.74) is 2.06. The second kappa shape index (κ2) is 7.96. The molecule has 0 aromatic heterocycles. The van der Waals surface area contributed by atoms with Gasteiger partial charge in [-0.25, -0.2) is 8.78 Å². The van der Waals surface area contributed by atoms with Crippen LogP contribution in [0.25, 0.3) is 0 Å². The summed E-state index contributed by atoms with van der Waals surface area (Å²) in [5.74, 6) is -1.81. The third kappa shape index (κ3) is 4.68. The number of halogens is 2. The maximum Gasteiger partial charge on any atom is 0.243 e. The van der Waals surface area contributed by atoms with Crippen LogP contribution in [0, 0.1) is 11.6 Å². The lowest BCUT2D eigenvalue weighted by atomic mass is 10.1. The molecule has 0 spiro atoms. The van der Waals surface area contributed by atoms with Gasteiger partial charge in [0, 0.05) is 24.8 Å². The first-order valence-corrected chi connectivity index (χ1v) is 8.45. The Morgan fingerprint density at radius 3 is 2.40 bits per heavy atom. The van der Waals surface area contributed by atoms with Crippen molar-refractivity contribution < 1.29 is 13.6 Å². The highest BCUT2D eigenvalue weighted by atomic mass is 19.1. The molecule has 2 aromatic carbocycles. The fourth-order valence-corrected chi connectivity index (χ4v) is 3.04. The van der Waals surface area contributed by atoms with Gasteiger partial charge in [-0.3, -0.25) is 4.79 Å². The van der Waals surface area contributed by atoms with Crippen LogP contribution in [-0.2, 0) is 4.79 Å². The van der Waals surface area contributed by atoms with E-state index in [1.54, 1.807) is 0 Å². The smallest absolute Gasteiger partial charge is 0.243 e. The molecule has 1 heterocycles. The van der Waals surface area contributed by atoms with Crippen molar-refractivity contribution in [3.8, 4) is 0 Å². The summed E-state index contributed by atoms with van der Waals surface area (Å²) in [6.07, 6.45) is 3.58. The zero-order valence-electron chi connectivity index (χ0n) is 13.9. The van der Waals surface area contributed by atoms with E-state index in [2.05, 4.69) is 15.5 Å². The van der Waals surface area contributed by atoms with Crippen LogP contribution in [0.1, 0.15) is 19.3 Å². The van der Waals surface area contributed by atoms with Crippen molar-refractivity contribution in [2.24, 2.45) is 0 Å². The average Bonchev–Trinajstić information content (AvgIpc) is 2.60. The molecular weight excluding hydrogens is 324 g/mol. The molecule has 0 atom stereocenters. The van der Waals surface area contributed by atoms with Gasteiger partial charge in [0.1, 0.15) is 11.6 Å². The number of amides is 1. The molecule has 4 nitrogen and oxygen atoms in total. The van der Waals surface area contributed by atoms with Crippen molar-refractivity contribution in [1.82, 2.24) is 0 Å². The molecule has 0 saturated carbocycles. The standard InChI is InChI=1S/C19H21F2N3O/c20-14-10-15(21)12-16(11-14)23-19(25)13-22-17-6-2-3-7-18(17)24-8-4-1-5-9-24/h2-3,6-7,10-12,22H,1,4-5,8-9,13H2,(H,23,25). The number of rotatable bonds is 5. The predicted molar refractivity (Wildman–Crippen MR) is 96.0 cm³/mol. The summed E-state index contributed by atoms with van der Waals surface area (Å²) >= 11 is 0. The Labute approximate surface area is 145 Å². The molecule has 0 bridgehead atoms. The summed E-state index contributed by atoms with van der Waals surface area (Å²) in [5, 5.41) is 5.62. The van der Waals surface area contributed by atoms with Crippen LogP contribution in [0.3, 0.4) is 0 Å². The van der Waals surface area contributed by atoms with Crippen LogP contribution in [0.2, 0.25) is 0 Å². The van der Waals surface area contributed by atoms with Gasteiger partial charge in [0.25, 0.3) is 0 Å². The van der Waals surface area contributed by atoms with Gasteiger partial charge in [-0.1, -0.05) is 12.1 Å². The van der Waals surface area contributed by atoms with E-state index in [4.69, 9.17) is 0 Å². The Kier molecular flexibility index (Phi) is 5.48. The Morgan fingerprint density at radius 2 is 1.68 bits per heavy atom. The number of nitrogens with zero attached hydrogens (tertiary/aromatic N) is 1. The van der Waals surface area contributed by atoms with E-state index in [1.807, 2.05) is 24.3 Å². The van der Waals surface area contributed by atoms with Crippen molar-refractivity contribution in [3.05, 3.63) is 54.1 Å². The minimum absolute atomic E-state index is 0.0169. The largest absolute Gasteiger partial charge is 0.374 e. The molecule has 25 heavy (non-hydrogen) atoms. The number of benzene rings is 2. The molecular formula is C19H21F2N3O. The van der Waals surface area contributed by atoms with E-state index in [9.17, 15) is 13.6 Å². The molecule has 1 saturated heterocycles. The second-order valence-electron chi connectivity index (χ2n) is 6.12. The number of nitrogens with one attached hydrogen (secondary N) is 2. The van der Waals surface area contributed by atoms with Crippen LogP contribution in [0.5, 0.6) is 0 Å². The third-order valence-electron chi connectivity index (χ3n) is 4.19. The quantitative estimate of drug-likeness (QED) is 0.861. The molecule has 0 aliphatic carbocycles. The van der Waals surface area contributed by atoms with E-state index in [0.29, 0.717) is 0 Å². The predicted octanol–water partition coefficient (Wildman–Crippen LogP) is 4.01. The third-order valence-corrected chi connectivity index (χ3v) is 4.19. The van der Waals surface area contributed by atoms with Crippen LogP contribution in [-0.4, -0.2) is 25.5 Å². The van der Waals surface area contributed by atoms with Gasteiger partial charge in [0.15, 0.2) is 0 Å². The van der Waals surface area contributed by atoms with Crippen molar-refractivity contribution in [3.63, 3.8) is 0 Å². The first kappa shape index (κ1) is 17.2. The summed E-state index contributed by atoms with van der Waals surface area (Å²) in [6.45, 7) is 2.03. The first-order valence-electron chi connectivity index (χ1n) is 8.45. The van der Waals surface area contributed by atoms with Crippen LogP contribution in [0.4, 0.5) is 25.8 Å². The van der Waals surface area contributed by atoms with E-state index >= 15 is 0 Å². The number of carbonyl (C=O) groups excluding carboxylic acids is 1. The molecule has 1 amide bonds. The molecule has 1 aliphatic rings. The molecule has 132 valence electrons. The van der Waals surface area contributed by atoms with Gasteiger partial charge in [-0.15, -0.1) is 0 Å². The highest BCUT2D eigenvalue weighted by Crippen LogP contribution is 2.28. The summed E-state index contributed by atoms with van der Waals surface area (Å²) < 4.78 is 26.4. The summed E-state index contributed by atoms with van der Waals surface area (Å²) in [4.78, 5) is 14.4. The maximum absolute atomic E-state index is 13.2. The molecule has 0 radical (unpaired) electrons. The fourth-order valence-electron chi connectivity index (χ4n) is 3.04. The molecule has 1 fully saturated rings. The summed E-state index contributed by atoms with van der Waals surface area (Å²) in [6, 6.07) is 10.8. The molecule has 1 aliphatic heterocycles. The van der Waals surface area contributed by atoms with Crippen LogP contribution < -0.4 is 15.5 Å². The van der Waals surface area contributed by atoms with Gasteiger partial charge in [0.05, 0.1) is 17.9 Å². The molecule has 2 aromatic rings. The number of piperidine rings is 1. The maximum atomic E-state index is 13.2. The van der Waals surface area contributed by atoms with E-state index in [-0.39, 0.29) is 18.1 Å². The molecule has 6 heteroatoms. The minimum Gasteiger partial charge on any atom is -0.374 e. The van der Waals surface area contributed by atoms with Crippen LogP contribution >= 0.6 is 0 Å². The Balaban J connectivity index is 1.62. The van der Waals surface area contributed by atoms with Gasteiger partial charge >= 0.3 is 0 Å². The van der Waals surface area contributed by atoms with Gasteiger partial charge in [-0.05, 0) is 43.5 Å². The highest BCUT2D eigenvalue weighted by molar-refractivity contribution is 5.94. The zero-order valence-corrected chi connectivity index (χ0v) is 13.9. The lowest BCUT2D eigenvalue weighted by Crippen LogP contribution is -2.30. The normalized spacial score (nSPS) is 14.2. The lowest BCUT2D eigenvalue weighted by Gasteiger charge is -2.30. The van der Waals surface area contributed by atoms with E-state index in [1.165, 1.54) is 19.3 Å². The van der Waals surface area contributed by atoms with Crippen molar-refractivity contribution in [1.29, 1.82) is 0 Å². The number of hydrogen-bond acceptors (Lipinski definition) is 3. The second-order valence-corrected chi connectivity index (χ2v) is 6.12. The number of carbonyl (C=O) groups is 1. The Hall–Kier alpha value is -2.63. The van der Waals surface area contributed by atoms with E-state index in [0.717, 1.165) is 42.7 Å². The van der Waals surface area contributed by atoms with Gasteiger partial charge in [-0.2, -0.15) is 0 Å². The Morgan fingerprint density at radius 1 is 1.00 bits per heavy atom. The molecule has 2 N–H and O–H groups in total. The average molecular weight is 345 g/mol. The molecule has 3 rings (SSSR count). The zero-order chi connectivity index (χ0) is 17.6. The SMILES string of the molecule is O=C(CNc1ccccc1N1CCCCC1)Nc1cc(F)cc(F)c1. The highest BCUT2D eigenvalue weighted by Gasteiger charge is 2.14. The van der Waals surface area contributed by atoms with Crippen molar-refractivity contribution >= 4 is 23.0 Å². The first-order chi connectivity index (χ1) is 12.1. The number of hydrogen-bond donors (Lipinski definition) is 2. The van der Waals surface area contributed by atoms with Crippen LogP contribution in [0.15, 0.2) is 42.5 Å². The lowest BCUT2D eigenvalue weighted by molar-refractivity contribution is -0.114. The number of para-hydroxylation sites is 2. The van der Waals surface area contributed by atoms with E-state index < -0.39 is 11.6 Å². The number of anilines is 3. The van der Waals surface area contributed by atoms with Crippen molar-refractivity contribution in [2.75, 3.05) is 35.2 Å². The fraction of sp³-hybridized carbons (Fsp3) is 0.316. The monoisotopic (exact) mass is 345 g/mol. The van der Waals surface area contributed by atoms with Gasteiger partial charge < -0.3 is 15.5 Å². The van der Waals surface area contributed by atoms with Crippen molar-refractivity contribution in [2.45, 2.75) is 19.3 Å². The van der Waals surface area contributed by atoms with Gasteiger partial charge in [0.2, 0.25) is 5.91 Å².